The molecule has 0 aromatic heterocycles. The van der Waals surface area contributed by atoms with Crippen LogP contribution in [-0.4, -0.2) is 33.6 Å². The predicted molar refractivity (Wildman–Crippen MR) is 75.7 cm³/mol. The fraction of sp³-hybridized carbons (Fsp3) is 0.417. The number of hydrogen-bond donors (Lipinski definition) is 1. The van der Waals surface area contributed by atoms with E-state index in [2.05, 4.69) is 5.32 Å². The smallest absolute Gasteiger partial charge is 0.264 e. The third kappa shape index (κ3) is 3.66. The highest BCUT2D eigenvalue weighted by atomic mass is 35.7. The van der Waals surface area contributed by atoms with Gasteiger partial charge in [0.25, 0.3) is 15.0 Å². The first-order valence-corrected chi connectivity index (χ1v) is 8.68. The number of rotatable bonds is 4. The summed E-state index contributed by atoms with van der Waals surface area (Å²) in [5.41, 5.74) is -0.456. The lowest BCUT2D eigenvalue weighted by molar-refractivity contribution is 0.0175. The Kier molecular flexibility index (Phi) is 4.77. The summed E-state index contributed by atoms with van der Waals surface area (Å²) in [6, 6.07) is 1.78. The number of nitrogens with one attached hydrogen (secondary N) is 1. The summed E-state index contributed by atoms with van der Waals surface area (Å²) in [4.78, 5) is 11.2. The molecule has 0 saturated heterocycles. The van der Waals surface area contributed by atoms with E-state index in [1.165, 1.54) is 0 Å². The van der Waals surface area contributed by atoms with Gasteiger partial charge in [0.2, 0.25) is 0 Å². The van der Waals surface area contributed by atoms with Gasteiger partial charge in [-0.25, -0.2) is 12.8 Å². The van der Waals surface area contributed by atoms with E-state index >= 15 is 0 Å². The largest absolute Gasteiger partial charge is 0.381 e. The first-order valence-electron chi connectivity index (χ1n) is 5.99. The van der Waals surface area contributed by atoms with Crippen molar-refractivity contribution in [2.75, 3.05) is 7.11 Å². The van der Waals surface area contributed by atoms with E-state index < -0.39 is 31.2 Å². The third-order valence-corrected chi connectivity index (χ3v) is 4.81. The third-order valence-electron chi connectivity index (χ3n) is 3.27. The summed E-state index contributed by atoms with van der Waals surface area (Å²) in [5, 5.41) is 2.49. The molecule has 0 atom stereocenters. The van der Waals surface area contributed by atoms with Crippen molar-refractivity contribution in [3.63, 3.8) is 0 Å². The lowest BCUT2D eigenvalue weighted by atomic mass is 9.89. The van der Waals surface area contributed by atoms with Crippen LogP contribution < -0.4 is 5.32 Å². The molecule has 1 N–H and O–H groups in total. The number of ether oxygens (including phenoxy) is 1. The minimum Gasteiger partial charge on any atom is -0.381 e. The molecule has 0 radical (unpaired) electrons. The van der Waals surface area contributed by atoms with E-state index in [0.717, 1.165) is 12.1 Å². The summed E-state index contributed by atoms with van der Waals surface area (Å²) >= 11 is 5.71. The van der Waals surface area contributed by atoms with Crippen molar-refractivity contribution >= 4 is 37.2 Å². The summed E-state index contributed by atoms with van der Waals surface area (Å²) in [6.45, 7) is 0. The van der Waals surface area contributed by atoms with Gasteiger partial charge in [-0.3, -0.25) is 4.79 Å². The van der Waals surface area contributed by atoms with Gasteiger partial charge in [-0.2, -0.15) is 0 Å². The van der Waals surface area contributed by atoms with Gasteiger partial charge < -0.3 is 10.1 Å². The molecule has 0 aliphatic heterocycles. The van der Waals surface area contributed by atoms with Gasteiger partial charge in [0, 0.05) is 28.9 Å². The second kappa shape index (κ2) is 6.08. The fourth-order valence-corrected chi connectivity index (χ4v) is 3.26. The molecule has 1 aliphatic rings. The Balaban J connectivity index is 2.24. The number of carbonyl (C=O) groups excluding carboxylic acids is 1. The highest BCUT2D eigenvalue weighted by Crippen LogP contribution is 2.27. The van der Waals surface area contributed by atoms with Gasteiger partial charge in [0.15, 0.2) is 5.82 Å². The molecule has 1 fully saturated rings. The van der Waals surface area contributed by atoms with Crippen LogP contribution in [0.4, 0.5) is 4.39 Å². The summed E-state index contributed by atoms with van der Waals surface area (Å²) in [7, 11) is 2.35. The maximum absolute atomic E-state index is 14.1. The van der Waals surface area contributed by atoms with Crippen LogP contribution in [0.25, 0.3) is 0 Å². The Morgan fingerprint density at radius 3 is 2.57 bits per heavy atom. The van der Waals surface area contributed by atoms with Crippen molar-refractivity contribution in [1.29, 1.82) is 0 Å². The average Bonchev–Trinajstić information content (AvgIpc) is 2.33. The second-order valence-corrected chi connectivity index (χ2v) is 7.67. The van der Waals surface area contributed by atoms with Crippen LogP contribution in [-0.2, 0) is 13.8 Å². The minimum atomic E-state index is -4.33. The Morgan fingerprint density at radius 2 is 2.05 bits per heavy atom. The molecule has 1 amide bonds. The standard InChI is InChI=1S/C12H12Cl2FNO4S/c1-20-8-4-7(5-8)16-12(17)9-2-6(13)3-10(11(9)15)21(14,18)19/h2-3,7-8H,4-5H2,1H3,(H,16,17). The summed E-state index contributed by atoms with van der Waals surface area (Å²) in [5.74, 6) is -1.95. The van der Waals surface area contributed by atoms with Crippen molar-refractivity contribution in [1.82, 2.24) is 5.32 Å². The molecule has 21 heavy (non-hydrogen) atoms. The molecule has 116 valence electrons. The maximum Gasteiger partial charge on any atom is 0.264 e. The zero-order chi connectivity index (χ0) is 15.8. The van der Waals surface area contributed by atoms with E-state index in [1.54, 1.807) is 7.11 Å². The SMILES string of the molecule is COC1CC(NC(=O)c2cc(Cl)cc(S(=O)(=O)Cl)c2F)C1. The first kappa shape index (κ1) is 16.5. The van der Waals surface area contributed by atoms with Crippen molar-refractivity contribution < 1.29 is 22.3 Å². The Labute approximate surface area is 130 Å². The van der Waals surface area contributed by atoms with Crippen LogP contribution >= 0.6 is 22.3 Å². The molecule has 0 spiro atoms. The minimum absolute atomic E-state index is 0.0679. The average molecular weight is 356 g/mol. The summed E-state index contributed by atoms with van der Waals surface area (Å²) in [6.07, 6.45) is 1.30. The van der Waals surface area contributed by atoms with Crippen molar-refractivity contribution in [3.8, 4) is 0 Å². The quantitative estimate of drug-likeness (QED) is 0.841. The molecule has 1 aliphatic carbocycles. The van der Waals surface area contributed by atoms with Crippen molar-refractivity contribution in [2.45, 2.75) is 29.9 Å². The molecule has 1 aromatic rings. The Hall–Kier alpha value is -0.890. The number of amides is 1. The molecule has 1 aromatic carbocycles. The molecule has 5 nitrogen and oxygen atoms in total. The zero-order valence-electron chi connectivity index (χ0n) is 10.9. The van der Waals surface area contributed by atoms with Gasteiger partial charge in [-0.05, 0) is 25.0 Å². The van der Waals surface area contributed by atoms with E-state index in [-0.39, 0.29) is 17.2 Å². The molecule has 0 unspecified atom stereocenters. The van der Waals surface area contributed by atoms with Gasteiger partial charge in [0.1, 0.15) is 4.90 Å². The first-order chi connectivity index (χ1) is 9.72. The van der Waals surface area contributed by atoms with E-state index in [9.17, 15) is 17.6 Å². The van der Waals surface area contributed by atoms with Crippen LogP contribution in [0.3, 0.4) is 0 Å². The van der Waals surface area contributed by atoms with Crippen LogP contribution in [0.5, 0.6) is 0 Å². The van der Waals surface area contributed by atoms with Crippen LogP contribution in [0.1, 0.15) is 23.2 Å². The molecule has 9 heteroatoms. The predicted octanol–water partition coefficient (Wildman–Crippen LogP) is 2.31. The van der Waals surface area contributed by atoms with Gasteiger partial charge >= 0.3 is 0 Å². The van der Waals surface area contributed by atoms with Crippen LogP contribution in [0, 0.1) is 5.82 Å². The molecule has 2 rings (SSSR count). The fourth-order valence-electron chi connectivity index (χ4n) is 2.05. The lowest BCUT2D eigenvalue weighted by Gasteiger charge is -2.34. The Morgan fingerprint density at radius 1 is 1.43 bits per heavy atom. The molecular formula is C12H12Cl2FNO4S. The van der Waals surface area contributed by atoms with Crippen molar-refractivity contribution in [2.24, 2.45) is 0 Å². The van der Waals surface area contributed by atoms with Crippen LogP contribution in [0.2, 0.25) is 5.02 Å². The second-order valence-electron chi connectivity index (χ2n) is 4.70. The number of methoxy groups -OCH3 is 1. The van der Waals surface area contributed by atoms with Gasteiger partial charge in [-0.15, -0.1) is 0 Å². The number of benzene rings is 1. The molecule has 0 heterocycles. The number of halogens is 3. The number of hydrogen-bond acceptors (Lipinski definition) is 4. The molecular weight excluding hydrogens is 344 g/mol. The zero-order valence-corrected chi connectivity index (χ0v) is 13.2. The highest BCUT2D eigenvalue weighted by molar-refractivity contribution is 8.13. The van der Waals surface area contributed by atoms with E-state index in [0.29, 0.717) is 12.8 Å². The number of carbonyl (C=O) groups is 1. The van der Waals surface area contributed by atoms with E-state index in [1.807, 2.05) is 0 Å². The topological polar surface area (TPSA) is 72.5 Å². The highest BCUT2D eigenvalue weighted by Gasteiger charge is 2.32. The normalized spacial score (nSPS) is 21.7. The lowest BCUT2D eigenvalue weighted by Crippen LogP contribution is -2.47. The summed E-state index contributed by atoms with van der Waals surface area (Å²) < 4.78 is 41.7. The Bertz CT molecular complexity index is 674. The maximum atomic E-state index is 14.1. The van der Waals surface area contributed by atoms with Crippen molar-refractivity contribution in [3.05, 3.63) is 28.5 Å². The monoisotopic (exact) mass is 355 g/mol. The molecule has 0 bridgehead atoms. The van der Waals surface area contributed by atoms with Gasteiger partial charge in [-0.1, -0.05) is 11.6 Å². The van der Waals surface area contributed by atoms with E-state index in [4.69, 9.17) is 27.0 Å². The molecule has 1 saturated carbocycles. The van der Waals surface area contributed by atoms with Gasteiger partial charge in [0.05, 0.1) is 11.7 Å². The van der Waals surface area contributed by atoms with Crippen LogP contribution in [0.15, 0.2) is 17.0 Å².